The number of rotatable bonds is 1. The van der Waals surface area contributed by atoms with Crippen LogP contribution in [0.1, 0.15) is 0 Å². The third-order valence-corrected chi connectivity index (χ3v) is 4.20. The minimum absolute atomic E-state index is 0.130. The molecule has 1 saturated carbocycles. The first kappa shape index (κ1) is 10.2. The normalized spacial score (nSPS) is 47.1. The molecule has 2 aliphatic carbocycles. The Bertz CT molecular complexity index is 369. The van der Waals surface area contributed by atoms with E-state index in [1.54, 1.807) is 12.2 Å². The fourth-order valence-electron chi connectivity index (χ4n) is 3.52. The molecule has 1 aliphatic heterocycles. The zero-order valence-corrected chi connectivity index (χ0v) is 8.82. The van der Waals surface area contributed by atoms with Crippen molar-refractivity contribution in [2.75, 3.05) is 13.7 Å². The molecule has 1 N–H and O–H groups in total. The van der Waals surface area contributed by atoms with Gasteiger partial charge in [0.05, 0.1) is 7.11 Å². The summed E-state index contributed by atoms with van der Waals surface area (Å²) in [6, 6.07) is -0.569. The van der Waals surface area contributed by atoms with Crippen LogP contribution in [-0.2, 0) is 9.53 Å². The van der Waals surface area contributed by atoms with Crippen LogP contribution in [0.2, 0.25) is 0 Å². The molecule has 5 heteroatoms. The number of esters is 1. The van der Waals surface area contributed by atoms with E-state index in [1.165, 1.54) is 7.11 Å². The van der Waals surface area contributed by atoms with Crippen LogP contribution in [0.15, 0.2) is 12.2 Å². The second-order valence-corrected chi connectivity index (χ2v) is 4.76. The van der Waals surface area contributed by atoms with Gasteiger partial charge in [0, 0.05) is 17.8 Å². The smallest absolute Gasteiger partial charge is 0.323 e. The summed E-state index contributed by atoms with van der Waals surface area (Å²) in [6.45, 7) is 0.478. The summed E-state index contributed by atoms with van der Waals surface area (Å²) >= 11 is 0. The number of hydrogen-bond donors (Lipinski definition) is 1. The highest BCUT2D eigenvalue weighted by Crippen LogP contribution is 2.59. The lowest BCUT2D eigenvalue weighted by atomic mass is 9.82. The van der Waals surface area contributed by atoms with Crippen molar-refractivity contribution < 1.29 is 18.3 Å². The Balaban J connectivity index is 1.93. The van der Waals surface area contributed by atoms with E-state index < -0.39 is 29.8 Å². The number of fused-ring (bicyclic) bond motifs is 5. The Morgan fingerprint density at radius 1 is 1.44 bits per heavy atom. The number of allylic oxidation sites excluding steroid dienone is 2. The first-order valence-electron chi connectivity index (χ1n) is 5.44. The number of ether oxygens (including phenoxy) is 1. The van der Waals surface area contributed by atoms with Gasteiger partial charge in [-0.05, 0) is 12.5 Å². The number of hydrogen-bond acceptors (Lipinski definition) is 3. The minimum atomic E-state index is -2.68. The zero-order valence-electron chi connectivity index (χ0n) is 8.82. The van der Waals surface area contributed by atoms with Crippen molar-refractivity contribution in [1.29, 1.82) is 0 Å². The largest absolute Gasteiger partial charge is 0.468 e. The van der Waals surface area contributed by atoms with Crippen LogP contribution in [-0.4, -0.2) is 31.6 Å². The molecule has 0 radical (unpaired) electrons. The van der Waals surface area contributed by atoms with E-state index in [9.17, 15) is 13.6 Å². The fourth-order valence-corrected chi connectivity index (χ4v) is 3.52. The molecule has 0 aromatic rings. The monoisotopic (exact) mass is 229 g/mol. The summed E-state index contributed by atoms with van der Waals surface area (Å²) in [7, 11) is 1.29. The molecule has 16 heavy (non-hydrogen) atoms. The van der Waals surface area contributed by atoms with Gasteiger partial charge in [-0.2, -0.15) is 0 Å². The molecule has 5 atom stereocenters. The van der Waals surface area contributed by atoms with E-state index in [2.05, 4.69) is 10.1 Å². The average Bonchev–Trinajstić information content (AvgIpc) is 2.86. The van der Waals surface area contributed by atoms with Crippen LogP contribution in [0.4, 0.5) is 8.78 Å². The molecule has 1 heterocycles. The van der Waals surface area contributed by atoms with E-state index in [4.69, 9.17) is 0 Å². The van der Waals surface area contributed by atoms with E-state index in [-0.39, 0.29) is 11.8 Å². The van der Waals surface area contributed by atoms with E-state index in [1.807, 2.05) is 0 Å². The third-order valence-electron chi connectivity index (χ3n) is 4.20. The predicted octanol–water partition coefficient (Wildman–Crippen LogP) is 0.815. The van der Waals surface area contributed by atoms with Gasteiger partial charge in [0.25, 0.3) is 5.92 Å². The number of carbonyl (C=O) groups is 1. The van der Waals surface area contributed by atoms with Crippen LogP contribution in [0.3, 0.4) is 0 Å². The topological polar surface area (TPSA) is 38.3 Å². The van der Waals surface area contributed by atoms with Crippen molar-refractivity contribution in [3.8, 4) is 0 Å². The van der Waals surface area contributed by atoms with E-state index >= 15 is 0 Å². The van der Waals surface area contributed by atoms with Crippen molar-refractivity contribution in [3.05, 3.63) is 12.2 Å². The first-order valence-corrected chi connectivity index (χ1v) is 5.44. The van der Waals surface area contributed by atoms with Crippen molar-refractivity contribution in [1.82, 2.24) is 5.32 Å². The van der Waals surface area contributed by atoms with Crippen LogP contribution < -0.4 is 5.32 Å². The molecule has 2 bridgehead atoms. The number of carbonyl (C=O) groups excluding carboxylic acids is 1. The first-order chi connectivity index (χ1) is 7.57. The molecule has 3 rings (SSSR count). The van der Waals surface area contributed by atoms with Crippen molar-refractivity contribution in [3.63, 3.8) is 0 Å². The van der Waals surface area contributed by atoms with Crippen molar-refractivity contribution >= 4 is 5.97 Å². The summed E-state index contributed by atoms with van der Waals surface area (Å²) in [5.74, 6) is -5.05. The van der Waals surface area contributed by atoms with E-state index in [0.717, 1.165) is 0 Å². The van der Waals surface area contributed by atoms with Gasteiger partial charge in [-0.3, -0.25) is 4.79 Å². The summed E-state index contributed by atoms with van der Waals surface area (Å²) in [4.78, 5) is 11.5. The molecule has 0 amide bonds. The average molecular weight is 229 g/mol. The molecule has 88 valence electrons. The zero-order chi connectivity index (χ0) is 11.5. The van der Waals surface area contributed by atoms with Crippen LogP contribution >= 0.6 is 0 Å². The van der Waals surface area contributed by atoms with Gasteiger partial charge < -0.3 is 10.1 Å². The second kappa shape index (κ2) is 3.03. The molecule has 0 aromatic carbocycles. The standard InChI is InChI=1S/C11H13F2NO2/c1-16-10(15)9-8-5(4-14-9)6-2-3-7(8)11(6,12)13/h2-3,5-9,14H,4H2,1H3/t5-,6+,7-,8-,9+/m1/s1. The highest BCUT2D eigenvalue weighted by molar-refractivity contribution is 5.77. The fraction of sp³-hybridized carbons (Fsp3) is 0.727. The van der Waals surface area contributed by atoms with Gasteiger partial charge in [0.15, 0.2) is 0 Å². The van der Waals surface area contributed by atoms with Gasteiger partial charge in [0.1, 0.15) is 6.04 Å². The molecule has 0 spiro atoms. The summed E-state index contributed by atoms with van der Waals surface area (Å²) in [5.41, 5.74) is 0. The lowest BCUT2D eigenvalue weighted by molar-refractivity contribution is -0.144. The minimum Gasteiger partial charge on any atom is -0.468 e. The maximum Gasteiger partial charge on any atom is 0.323 e. The molecule has 3 aliphatic rings. The van der Waals surface area contributed by atoms with Gasteiger partial charge >= 0.3 is 5.97 Å². The third kappa shape index (κ3) is 1.02. The molecular formula is C11H13F2NO2. The molecular weight excluding hydrogens is 216 g/mol. The number of halogens is 2. The number of methoxy groups -OCH3 is 1. The van der Waals surface area contributed by atoms with Crippen LogP contribution in [0.25, 0.3) is 0 Å². The van der Waals surface area contributed by atoms with Gasteiger partial charge in [0.2, 0.25) is 0 Å². The SMILES string of the molecule is COC(=O)[C@H]1NC[C@H]2[C@@H]1[C@H]1C=C[C@@H]2C1(F)F. The maximum atomic E-state index is 13.8. The van der Waals surface area contributed by atoms with Crippen LogP contribution in [0.5, 0.6) is 0 Å². The lowest BCUT2D eigenvalue weighted by Crippen LogP contribution is -2.41. The highest BCUT2D eigenvalue weighted by atomic mass is 19.3. The summed E-state index contributed by atoms with van der Waals surface area (Å²) in [5, 5.41) is 3.00. The highest BCUT2D eigenvalue weighted by Gasteiger charge is 2.67. The molecule has 3 nitrogen and oxygen atoms in total. The quantitative estimate of drug-likeness (QED) is 0.534. The Labute approximate surface area is 91.8 Å². The predicted molar refractivity (Wildman–Crippen MR) is 51.9 cm³/mol. The maximum absolute atomic E-state index is 13.8. The number of alkyl halides is 2. The Hall–Kier alpha value is -0.970. The number of nitrogens with one attached hydrogen (secondary N) is 1. The van der Waals surface area contributed by atoms with Crippen molar-refractivity contribution in [2.45, 2.75) is 12.0 Å². The molecule has 0 aromatic heterocycles. The van der Waals surface area contributed by atoms with Gasteiger partial charge in [-0.25, -0.2) is 8.78 Å². The van der Waals surface area contributed by atoms with E-state index in [0.29, 0.717) is 6.54 Å². The Kier molecular flexibility index (Phi) is 1.93. The summed E-state index contributed by atoms with van der Waals surface area (Å²) < 4.78 is 32.3. The lowest BCUT2D eigenvalue weighted by Gasteiger charge is -2.23. The van der Waals surface area contributed by atoms with Gasteiger partial charge in [-0.15, -0.1) is 0 Å². The Morgan fingerprint density at radius 2 is 2.12 bits per heavy atom. The molecule has 1 saturated heterocycles. The Morgan fingerprint density at radius 3 is 2.81 bits per heavy atom. The molecule has 2 fully saturated rings. The van der Waals surface area contributed by atoms with Gasteiger partial charge in [-0.1, -0.05) is 12.2 Å². The van der Waals surface area contributed by atoms with Crippen LogP contribution in [0, 0.1) is 23.7 Å². The summed E-state index contributed by atoms with van der Waals surface area (Å²) in [6.07, 6.45) is 3.17. The second-order valence-electron chi connectivity index (χ2n) is 4.76. The van der Waals surface area contributed by atoms with Crippen molar-refractivity contribution in [2.24, 2.45) is 23.7 Å². The molecule has 0 unspecified atom stereocenters.